The quantitative estimate of drug-likeness (QED) is 0.654. The topological polar surface area (TPSA) is 102 Å². The Labute approximate surface area is 181 Å². The number of carbonyl (C=O) groups is 1. The number of hydrogen-bond acceptors (Lipinski definition) is 7. The lowest BCUT2D eigenvalue weighted by atomic mass is 10.1. The Bertz CT molecular complexity index is 1090. The van der Waals surface area contributed by atoms with Crippen LogP contribution in [0.2, 0.25) is 0 Å². The molecular weight excluding hydrogens is 392 g/mol. The largest absolute Gasteiger partial charge is 0.364 e. The Balaban J connectivity index is 1.45. The normalized spacial score (nSPS) is 19.6. The van der Waals surface area contributed by atoms with Crippen LogP contribution >= 0.6 is 0 Å². The Morgan fingerprint density at radius 2 is 1.94 bits per heavy atom. The van der Waals surface area contributed by atoms with Crippen molar-refractivity contribution in [3.8, 4) is 11.4 Å². The molecule has 3 aromatic rings. The molecule has 2 aliphatic rings. The molecule has 1 aliphatic heterocycles. The van der Waals surface area contributed by atoms with Crippen LogP contribution in [0, 0.1) is 12.8 Å². The summed E-state index contributed by atoms with van der Waals surface area (Å²) in [6, 6.07) is 0.154. The van der Waals surface area contributed by atoms with Gasteiger partial charge >= 0.3 is 0 Å². The number of hydrogen-bond donors (Lipinski definition) is 1. The van der Waals surface area contributed by atoms with E-state index in [0.29, 0.717) is 18.9 Å². The molecule has 31 heavy (non-hydrogen) atoms. The maximum absolute atomic E-state index is 12.5. The molecule has 0 unspecified atom stereocenters. The highest BCUT2D eigenvalue weighted by Crippen LogP contribution is 2.31. The molecule has 1 N–H and O–H groups in total. The lowest BCUT2D eigenvalue weighted by molar-refractivity contribution is -0.131. The number of fused-ring (bicyclic) bond motifs is 1. The highest BCUT2D eigenvalue weighted by atomic mass is 16.2. The zero-order chi connectivity index (χ0) is 21.4. The lowest BCUT2D eigenvalue weighted by Gasteiger charge is -2.25. The SMILES string of the molecule is CCn1c(-c2cnc(C)nc2)nc2c(N[C@H]3CCCC(=O)N(CC4CC4)C3)ncnc21. The number of carbonyl (C=O) groups excluding carboxylic acids is 1. The number of amides is 1. The van der Waals surface area contributed by atoms with E-state index in [2.05, 4.69) is 36.7 Å². The molecule has 9 heteroatoms. The number of nitrogens with one attached hydrogen (secondary N) is 1. The van der Waals surface area contributed by atoms with E-state index in [1.807, 2.05) is 11.8 Å². The highest BCUT2D eigenvalue weighted by molar-refractivity contribution is 5.86. The van der Waals surface area contributed by atoms with Crippen LogP contribution in [0.5, 0.6) is 0 Å². The van der Waals surface area contributed by atoms with Gasteiger partial charge in [-0.2, -0.15) is 0 Å². The van der Waals surface area contributed by atoms with Gasteiger partial charge in [-0.15, -0.1) is 0 Å². The number of aryl methyl sites for hydroxylation is 2. The molecule has 5 rings (SSSR count). The first-order valence-corrected chi connectivity index (χ1v) is 11.2. The Morgan fingerprint density at radius 3 is 2.68 bits per heavy atom. The Morgan fingerprint density at radius 1 is 1.13 bits per heavy atom. The number of rotatable bonds is 6. The van der Waals surface area contributed by atoms with E-state index in [-0.39, 0.29) is 11.9 Å². The minimum Gasteiger partial charge on any atom is -0.364 e. The molecule has 1 aliphatic carbocycles. The maximum atomic E-state index is 12.5. The summed E-state index contributed by atoms with van der Waals surface area (Å²) in [5, 5.41) is 3.58. The average molecular weight is 421 g/mol. The fraction of sp³-hybridized carbons (Fsp3) is 0.545. The van der Waals surface area contributed by atoms with E-state index >= 15 is 0 Å². The summed E-state index contributed by atoms with van der Waals surface area (Å²) in [5.41, 5.74) is 2.38. The molecule has 0 radical (unpaired) electrons. The number of aromatic nitrogens is 6. The summed E-state index contributed by atoms with van der Waals surface area (Å²) in [7, 11) is 0. The third-order valence-corrected chi connectivity index (χ3v) is 6.14. The highest BCUT2D eigenvalue weighted by Gasteiger charge is 2.30. The van der Waals surface area contributed by atoms with Crippen LogP contribution in [0.1, 0.15) is 44.9 Å². The molecule has 1 saturated carbocycles. The average Bonchev–Trinajstić information content (AvgIpc) is 3.53. The number of nitrogens with zero attached hydrogens (tertiary/aromatic N) is 7. The number of likely N-dealkylation sites (tertiary alicyclic amines) is 1. The van der Waals surface area contributed by atoms with Crippen molar-refractivity contribution in [2.75, 3.05) is 18.4 Å². The van der Waals surface area contributed by atoms with Gasteiger partial charge in [0.1, 0.15) is 18.0 Å². The van der Waals surface area contributed by atoms with Crippen molar-refractivity contribution >= 4 is 22.9 Å². The molecule has 1 atom stereocenters. The van der Waals surface area contributed by atoms with Crippen molar-refractivity contribution in [3.05, 3.63) is 24.5 Å². The molecule has 1 saturated heterocycles. The van der Waals surface area contributed by atoms with Gasteiger partial charge in [-0.1, -0.05) is 0 Å². The Hall–Kier alpha value is -3.10. The van der Waals surface area contributed by atoms with E-state index < -0.39 is 0 Å². The maximum Gasteiger partial charge on any atom is 0.222 e. The lowest BCUT2D eigenvalue weighted by Crippen LogP contribution is -2.39. The fourth-order valence-corrected chi connectivity index (χ4v) is 4.29. The minimum absolute atomic E-state index is 0.154. The van der Waals surface area contributed by atoms with Crippen LogP contribution in [-0.2, 0) is 11.3 Å². The second-order valence-electron chi connectivity index (χ2n) is 8.57. The molecule has 3 aromatic heterocycles. The van der Waals surface area contributed by atoms with Crippen molar-refractivity contribution in [2.24, 2.45) is 5.92 Å². The van der Waals surface area contributed by atoms with Gasteiger partial charge in [0.2, 0.25) is 5.91 Å². The molecule has 4 heterocycles. The molecule has 9 nitrogen and oxygen atoms in total. The summed E-state index contributed by atoms with van der Waals surface area (Å²) in [6.45, 7) is 6.26. The van der Waals surface area contributed by atoms with Gasteiger partial charge in [-0.3, -0.25) is 4.79 Å². The van der Waals surface area contributed by atoms with Crippen LogP contribution in [-0.4, -0.2) is 59.4 Å². The number of anilines is 1. The smallest absolute Gasteiger partial charge is 0.222 e. The van der Waals surface area contributed by atoms with Crippen LogP contribution in [0.15, 0.2) is 18.7 Å². The zero-order valence-corrected chi connectivity index (χ0v) is 18.1. The van der Waals surface area contributed by atoms with Crippen LogP contribution in [0.3, 0.4) is 0 Å². The molecule has 1 amide bonds. The van der Waals surface area contributed by atoms with Gasteiger partial charge in [0.05, 0.1) is 5.56 Å². The van der Waals surface area contributed by atoms with Crippen molar-refractivity contribution in [1.82, 2.24) is 34.4 Å². The predicted molar refractivity (Wildman–Crippen MR) is 117 cm³/mol. The summed E-state index contributed by atoms with van der Waals surface area (Å²) in [5.74, 6) is 3.20. The van der Waals surface area contributed by atoms with E-state index in [1.165, 1.54) is 12.8 Å². The third kappa shape index (κ3) is 4.08. The van der Waals surface area contributed by atoms with Crippen LogP contribution in [0.4, 0.5) is 5.82 Å². The van der Waals surface area contributed by atoms with Gasteiger partial charge in [-0.05, 0) is 45.4 Å². The van der Waals surface area contributed by atoms with Crippen LogP contribution in [0.25, 0.3) is 22.6 Å². The minimum atomic E-state index is 0.154. The Kier molecular flexibility index (Phi) is 5.25. The summed E-state index contributed by atoms with van der Waals surface area (Å²) in [6.07, 6.45) is 10.1. The first kappa shape index (κ1) is 19.8. The molecule has 0 spiro atoms. The van der Waals surface area contributed by atoms with E-state index in [4.69, 9.17) is 4.98 Å². The summed E-state index contributed by atoms with van der Waals surface area (Å²) >= 11 is 0. The van der Waals surface area contributed by atoms with E-state index in [0.717, 1.165) is 60.1 Å². The monoisotopic (exact) mass is 420 g/mol. The second-order valence-corrected chi connectivity index (χ2v) is 8.57. The van der Waals surface area contributed by atoms with Crippen molar-refractivity contribution in [1.29, 1.82) is 0 Å². The number of imidazole rings is 1. The second kappa shape index (κ2) is 8.20. The van der Waals surface area contributed by atoms with Gasteiger partial charge in [0.25, 0.3) is 0 Å². The van der Waals surface area contributed by atoms with Crippen LogP contribution < -0.4 is 5.32 Å². The van der Waals surface area contributed by atoms with Gasteiger partial charge in [0.15, 0.2) is 17.0 Å². The third-order valence-electron chi connectivity index (χ3n) is 6.14. The van der Waals surface area contributed by atoms with E-state index in [9.17, 15) is 4.79 Å². The van der Waals surface area contributed by atoms with Crippen molar-refractivity contribution in [3.63, 3.8) is 0 Å². The van der Waals surface area contributed by atoms with Gasteiger partial charge in [0, 0.05) is 44.5 Å². The van der Waals surface area contributed by atoms with Gasteiger partial charge < -0.3 is 14.8 Å². The van der Waals surface area contributed by atoms with Crippen molar-refractivity contribution in [2.45, 2.75) is 58.5 Å². The molecule has 0 aromatic carbocycles. The first-order chi connectivity index (χ1) is 15.1. The predicted octanol–water partition coefficient (Wildman–Crippen LogP) is 2.81. The zero-order valence-electron chi connectivity index (χ0n) is 18.1. The molecule has 162 valence electrons. The fourth-order valence-electron chi connectivity index (χ4n) is 4.29. The molecule has 2 fully saturated rings. The summed E-state index contributed by atoms with van der Waals surface area (Å²) < 4.78 is 2.06. The van der Waals surface area contributed by atoms with E-state index in [1.54, 1.807) is 18.7 Å². The van der Waals surface area contributed by atoms with Crippen molar-refractivity contribution < 1.29 is 4.79 Å². The standard InChI is InChI=1S/C22H28N8O/c1-3-30-21(16-9-23-14(2)24-10-16)28-19-20(25-13-26-22(19)30)27-17-5-4-6-18(31)29(12-17)11-15-7-8-15/h9-10,13,15,17H,3-8,11-12H2,1-2H3,(H,25,26,27)/t17-/m0/s1. The summed E-state index contributed by atoms with van der Waals surface area (Å²) in [4.78, 5) is 37.1. The van der Waals surface area contributed by atoms with Gasteiger partial charge in [-0.25, -0.2) is 24.9 Å². The molecular formula is C22H28N8O. The molecule has 0 bridgehead atoms. The first-order valence-electron chi connectivity index (χ1n) is 11.2.